The zero-order valence-corrected chi connectivity index (χ0v) is 8.42. The molecule has 5 heteroatoms. The van der Waals surface area contributed by atoms with E-state index in [9.17, 15) is 9.59 Å². The summed E-state index contributed by atoms with van der Waals surface area (Å²) in [6.07, 6.45) is -1.03. The summed E-state index contributed by atoms with van der Waals surface area (Å²) in [5.41, 5.74) is 0.725. The van der Waals surface area contributed by atoms with Crippen molar-refractivity contribution in [3.8, 4) is 0 Å². The molecule has 1 heterocycles. The number of carbonyl (C=O) groups excluding carboxylic acids is 1. The van der Waals surface area contributed by atoms with Crippen molar-refractivity contribution in [3.63, 3.8) is 0 Å². The minimum atomic E-state index is -1.08. The molecule has 0 bridgehead atoms. The summed E-state index contributed by atoms with van der Waals surface area (Å²) in [6, 6.07) is 8.29. The zero-order valence-electron chi connectivity index (χ0n) is 8.42. The highest BCUT2D eigenvalue weighted by atomic mass is 16.5. The van der Waals surface area contributed by atoms with Gasteiger partial charge in [0.25, 0.3) is 0 Å². The van der Waals surface area contributed by atoms with Crippen LogP contribution in [0.3, 0.4) is 0 Å². The van der Waals surface area contributed by atoms with Gasteiger partial charge in [-0.3, -0.25) is 4.79 Å². The summed E-state index contributed by atoms with van der Waals surface area (Å²) in [6.45, 7) is -0.208. The Morgan fingerprint density at radius 1 is 1.38 bits per heavy atom. The minimum Gasteiger partial charge on any atom is -0.479 e. The summed E-state index contributed by atoms with van der Waals surface area (Å²) in [5, 5.41) is 11.6. The van der Waals surface area contributed by atoms with Gasteiger partial charge in [0.2, 0.25) is 5.91 Å². The summed E-state index contributed by atoms with van der Waals surface area (Å²) in [4.78, 5) is 22.2. The highest BCUT2D eigenvalue weighted by molar-refractivity contribution is 5.82. The fourth-order valence-corrected chi connectivity index (χ4v) is 1.68. The number of carboxylic acid groups (broad SMARTS) is 1. The minimum absolute atomic E-state index is 0.208. The SMILES string of the molecule is O=C1CO[C@H](C(=O)O)[C@@H](c2ccccc2)N1. The quantitative estimate of drug-likeness (QED) is 0.754. The van der Waals surface area contributed by atoms with Gasteiger partial charge < -0.3 is 15.2 Å². The lowest BCUT2D eigenvalue weighted by molar-refractivity contribution is -0.160. The third kappa shape index (κ3) is 2.04. The van der Waals surface area contributed by atoms with Gasteiger partial charge in [0.1, 0.15) is 6.61 Å². The lowest BCUT2D eigenvalue weighted by Gasteiger charge is -2.29. The number of rotatable bonds is 2. The first kappa shape index (κ1) is 10.6. The summed E-state index contributed by atoms with van der Waals surface area (Å²) in [5.74, 6) is -1.37. The number of hydrogen-bond acceptors (Lipinski definition) is 3. The molecule has 1 aliphatic heterocycles. The van der Waals surface area contributed by atoms with E-state index in [1.54, 1.807) is 24.3 Å². The number of carboxylic acids is 1. The molecule has 2 atom stereocenters. The van der Waals surface area contributed by atoms with Crippen molar-refractivity contribution in [3.05, 3.63) is 35.9 Å². The Hall–Kier alpha value is -1.88. The lowest BCUT2D eigenvalue weighted by atomic mass is 10.00. The summed E-state index contributed by atoms with van der Waals surface area (Å²) >= 11 is 0. The molecule has 0 radical (unpaired) electrons. The van der Waals surface area contributed by atoms with E-state index >= 15 is 0 Å². The molecule has 2 N–H and O–H groups in total. The molecule has 1 aromatic carbocycles. The van der Waals surface area contributed by atoms with Gasteiger partial charge in [-0.1, -0.05) is 30.3 Å². The second-order valence-electron chi connectivity index (χ2n) is 3.53. The molecule has 1 fully saturated rings. The Labute approximate surface area is 92.0 Å². The molecule has 84 valence electrons. The molecule has 0 unspecified atom stereocenters. The first-order valence-corrected chi connectivity index (χ1v) is 4.87. The predicted molar refractivity (Wildman–Crippen MR) is 54.7 cm³/mol. The molecule has 2 rings (SSSR count). The van der Waals surface area contributed by atoms with Crippen LogP contribution in [-0.2, 0) is 14.3 Å². The highest BCUT2D eigenvalue weighted by Gasteiger charge is 2.35. The molecule has 0 aromatic heterocycles. The van der Waals surface area contributed by atoms with Crippen LogP contribution in [0.5, 0.6) is 0 Å². The first-order chi connectivity index (χ1) is 7.68. The van der Waals surface area contributed by atoms with Gasteiger partial charge in [-0.2, -0.15) is 0 Å². The molecule has 16 heavy (non-hydrogen) atoms. The number of ether oxygens (including phenoxy) is 1. The van der Waals surface area contributed by atoms with Gasteiger partial charge >= 0.3 is 5.97 Å². The lowest BCUT2D eigenvalue weighted by Crippen LogP contribution is -2.49. The molecule has 1 aromatic rings. The molecule has 0 spiro atoms. The zero-order chi connectivity index (χ0) is 11.5. The monoisotopic (exact) mass is 221 g/mol. The van der Waals surface area contributed by atoms with E-state index in [0.29, 0.717) is 0 Å². The maximum absolute atomic E-state index is 11.2. The second-order valence-corrected chi connectivity index (χ2v) is 3.53. The largest absolute Gasteiger partial charge is 0.479 e. The van der Waals surface area contributed by atoms with E-state index in [1.165, 1.54) is 0 Å². The van der Waals surface area contributed by atoms with E-state index in [0.717, 1.165) is 5.56 Å². The normalized spacial score (nSPS) is 24.9. The van der Waals surface area contributed by atoms with E-state index in [4.69, 9.17) is 9.84 Å². The van der Waals surface area contributed by atoms with Crippen LogP contribution in [0.2, 0.25) is 0 Å². The summed E-state index contributed by atoms with van der Waals surface area (Å²) in [7, 11) is 0. The Balaban J connectivity index is 2.27. The van der Waals surface area contributed by atoms with Crippen molar-refractivity contribution >= 4 is 11.9 Å². The Bertz CT molecular complexity index is 404. The van der Waals surface area contributed by atoms with Crippen molar-refractivity contribution in [1.82, 2.24) is 5.32 Å². The third-order valence-electron chi connectivity index (χ3n) is 2.42. The Morgan fingerprint density at radius 3 is 2.69 bits per heavy atom. The van der Waals surface area contributed by atoms with Crippen LogP contribution in [0.15, 0.2) is 30.3 Å². The fourth-order valence-electron chi connectivity index (χ4n) is 1.68. The first-order valence-electron chi connectivity index (χ1n) is 4.87. The standard InChI is InChI=1S/C11H11NO4/c13-8-6-16-10(11(14)15)9(12-8)7-4-2-1-3-5-7/h1-5,9-10H,6H2,(H,12,13)(H,14,15)/t9-,10+/m1/s1. The van der Waals surface area contributed by atoms with Crippen LogP contribution in [-0.4, -0.2) is 29.7 Å². The number of benzene rings is 1. The van der Waals surface area contributed by atoms with Gasteiger partial charge in [-0.05, 0) is 5.56 Å². The smallest absolute Gasteiger partial charge is 0.335 e. The van der Waals surface area contributed by atoms with E-state index in [1.807, 2.05) is 6.07 Å². The molecule has 1 saturated heterocycles. The van der Waals surface area contributed by atoms with E-state index < -0.39 is 18.1 Å². The maximum Gasteiger partial charge on any atom is 0.335 e. The van der Waals surface area contributed by atoms with Crippen LogP contribution in [0.25, 0.3) is 0 Å². The van der Waals surface area contributed by atoms with E-state index in [2.05, 4.69) is 5.32 Å². The summed E-state index contributed by atoms with van der Waals surface area (Å²) < 4.78 is 5.01. The molecule has 0 aliphatic carbocycles. The fraction of sp³-hybridized carbons (Fsp3) is 0.273. The molecule has 1 amide bonds. The third-order valence-corrected chi connectivity index (χ3v) is 2.42. The van der Waals surface area contributed by atoms with Crippen molar-refractivity contribution in [2.24, 2.45) is 0 Å². The molecule has 1 aliphatic rings. The Kier molecular flexibility index (Phi) is 2.87. The molecule has 5 nitrogen and oxygen atoms in total. The average molecular weight is 221 g/mol. The number of aliphatic carboxylic acids is 1. The molecular formula is C11H11NO4. The maximum atomic E-state index is 11.2. The highest BCUT2D eigenvalue weighted by Crippen LogP contribution is 2.22. The molecule has 0 saturated carbocycles. The number of hydrogen-bond donors (Lipinski definition) is 2. The molecular weight excluding hydrogens is 210 g/mol. The topological polar surface area (TPSA) is 75.6 Å². The number of carbonyl (C=O) groups is 2. The second kappa shape index (κ2) is 4.32. The van der Waals surface area contributed by atoms with Gasteiger partial charge in [0.15, 0.2) is 6.10 Å². The van der Waals surface area contributed by atoms with Crippen molar-refractivity contribution in [2.45, 2.75) is 12.1 Å². The van der Waals surface area contributed by atoms with Crippen LogP contribution in [0.1, 0.15) is 11.6 Å². The van der Waals surface area contributed by atoms with Crippen LogP contribution < -0.4 is 5.32 Å². The van der Waals surface area contributed by atoms with Gasteiger partial charge in [0.05, 0.1) is 6.04 Å². The van der Waals surface area contributed by atoms with Gasteiger partial charge in [-0.25, -0.2) is 4.79 Å². The number of nitrogens with one attached hydrogen (secondary N) is 1. The van der Waals surface area contributed by atoms with E-state index in [-0.39, 0.29) is 12.5 Å². The van der Waals surface area contributed by atoms with Crippen LogP contribution in [0, 0.1) is 0 Å². The van der Waals surface area contributed by atoms with Crippen molar-refractivity contribution in [2.75, 3.05) is 6.61 Å². The van der Waals surface area contributed by atoms with Crippen LogP contribution >= 0.6 is 0 Å². The number of morpholine rings is 1. The van der Waals surface area contributed by atoms with Gasteiger partial charge in [-0.15, -0.1) is 0 Å². The number of amides is 1. The predicted octanol–water partition coefficient (Wildman–Crippen LogP) is 0.327. The Morgan fingerprint density at radius 2 is 2.06 bits per heavy atom. The van der Waals surface area contributed by atoms with Crippen molar-refractivity contribution in [1.29, 1.82) is 0 Å². The van der Waals surface area contributed by atoms with Crippen LogP contribution in [0.4, 0.5) is 0 Å². The van der Waals surface area contributed by atoms with Gasteiger partial charge in [0, 0.05) is 0 Å². The average Bonchev–Trinajstić information content (AvgIpc) is 2.29. The van der Waals surface area contributed by atoms with Crippen molar-refractivity contribution < 1.29 is 19.4 Å².